The highest BCUT2D eigenvalue weighted by Crippen LogP contribution is 2.35. The third-order valence-corrected chi connectivity index (χ3v) is 4.21. The van der Waals surface area contributed by atoms with Crippen LogP contribution in [0.2, 0.25) is 0 Å². The fraction of sp³-hybridized carbons (Fsp3) is 0.571. The van der Waals surface area contributed by atoms with Crippen molar-refractivity contribution in [2.75, 3.05) is 19.7 Å². The molecular formula is C14H18N4O2. The van der Waals surface area contributed by atoms with Gasteiger partial charge in [-0.05, 0) is 25.9 Å². The Balaban J connectivity index is 1.46. The highest BCUT2D eigenvalue weighted by Gasteiger charge is 2.42. The van der Waals surface area contributed by atoms with Crippen LogP contribution in [-0.4, -0.2) is 46.0 Å². The number of hydrogen-bond donors (Lipinski definition) is 1. The minimum absolute atomic E-state index is 0.0244. The van der Waals surface area contributed by atoms with E-state index >= 15 is 0 Å². The van der Waals surface area contributed by atoms with Crippen molar-refractivity contribution in [2.24, 2.45) is 0 Å². The van der Waals surface area contributed by atoms with Gasteiger partial charge in [-0.2, -0.15) is 10.1 Å². The minimum Gasteiger partial charge on any atom is -0.472 e. The van der Waals surface area contributed by atoms with E-state index in [4.69, 9.17) is 9.47 Å². The Labute approximate surface area is 117 Å². The first-order chi connectivity index (χ1) is 9.83. The lowest BCUT2D eigenvalue weighted by Gasteiger charge is -2.32. The first kappa shape index (κ1) is 12.1. The molecule has 2 saturated heterocycles. The first-order valence-electron chi connectivity index (χ1n) is 7.15. The van der Waals surface area contributed by atoms with E-state index in [9.17, 15) is 0 Å². The van der Waals surface area contributed by atoms with Crippen LogP contribution >= 0.6 is 0 Å². The van der Waals surface area contributed by atoms with Crippen molar-refractivity contribution in [1.29, 1.82) is 0 Å². The van der Waals surface area contributed by atoms with Gasteiger partial charge in [0.05, 0.1) is 18.4 Å². The smallest absolute Gasteiger partial charge is 0.217 e. The second kappa shape index (κ2) is 4.71. The zero-order valence-electron chi connectivity index (χ0n) is 11.3. The number of hydrogen-bond acceptors (Lipinski definition) is 5. The summed E-state index contributed by atoms with van der Waals surface area (Å²) in [7, 11) is 0. The zero-order valence-corrected chi connectivity index (χ0v) is 11.3. The van der Waals surface area contributed by atoms with Crippen molar-refractivity contribution >= 4 is 5.65 Å². The molecular weight excluding hydrogens is 256 g/mol. The Kier molecular flexibility index (Phi) is 2.85. The Hall–Kier alpha value is -1.66. The number of nitrogens with zero attached hydrogens (tertiary/aromatic N) is 3. The molecule has 1 spiro atoms. The predicted octanol–water partition coefficient (Wildman–Crippen LogP) is 1.02. The molecule has 1 N–H and O–H groups in total. The number of ether oxygens (including phenoxy) is 2. The number of rotatable bonds is 2. The highest BCUT2D eigenvalue weighted by atomic mass is 16.6. The van der Waals surface area contributed by atoms with Gasteiger partial charge in [-0.3, -0.25) is 0 Å². The fourth-order valence-electron chi connectivity index (χ4n) is 3.14. The van der Waals surface area contributed by atoms with Gasteiger partial charge in [0.2, 0.25) is 5.88 Å². The van der Waals surface area contributed by atoms with E-state index in [-0.39, 0.29) is 11.7 Å². The van der Waals surface area contributed by atoms with Gasteiger partial charge in [-0.15, -0.1) is 0 Å². The van der Waals surface area contributed by atoms with E-state index in [2.05, 4.69) is 15.4 Å². The summed E-state index contributed by atoms with van der Waals surface area (Å²) in [6.07, 6.45) is 6.80. The van der Waals surface area contributed by atoms with Crippen molar-refractivity contribution in [3.63, 3.8) is 0 Å². The maximum atomic E-state index is 6.03. The predicted molar refractivity (Wildman–Crippen MR) is 72.8 cm³/mol. The average molecular weight is 274 g/mol. The number of fused-ring (bicyclic) bond motifs is 1. The van der Waals surface area contributed by atoms with E-state index in [1.54, 1.807) is 10.7 Å². The molecule has 2 aliphatic rings. The SMILES string of the molecule is c1cc2nc(OC3COC4(CCNCC4)C3)ccn2n1. The highest BCUT2D eigenvalue weighted by molar-refractivity contribution is 5.37. The van der Waals surface area contributed by atoms with Crippen LogP contribution in [0.3, 0.4) is 0 Å². The van der Waals surface area contributed by atoms with Gasteiger partial charge < -0.3 is 14.8 Å². The summed E-state index contributed by atoms with van der Waals surface area (Å²) in [4.78, 5) is 4.44. The van der Waals surface area contributed by atoms with Crippen molar-refractivity contribution in [2.45, 2.75) is 31.0 Å². The summed E-state index contributed by atoms with van der Waals surface area (Å²) in [5.41, 5.74) is 0.828. The summed E-state index contributed by atoms with van der Waals surface area (Å²) >= 11 is 0. The maximum absolute atomic E-state index is 6.03. The van der Waals surface area contributed by atoms with Gasteiger partial charge in [0.15, 0.2) is 5.65 Å². The lowest BCUT2D eigenvalue weighted by molar-refractivity contribution is -0.0205. The van der Waals surface area contributed by atoms with Gasteiger partial charge >= 0.3 is 0 Å². The van der Waals surface area contributed by atoms with E-state index in [0.29, 0.717) is 12.5 Å². The molecule has 2 aliphatic heterocycles. The van der Waals surface area contributed by atoms with E-state index in [1.165, 1.54) is 0 Å². The minimum atomic E-state index is 0.0244. The summed E-state index contributed by atoms with van der Waals surface area (Å²) < 4.78 is 13.7. The van der Waals surface area contributed by atoms with Gasteiger partial charge in [-0.1, -0.05) is 0 Å². The molecule has 0 bridgehead atoms. The molecule has 0 amide bonds. The molecule has 1 atom stereocenters. The fourth-order valence-corrected chi connectivity index (χ4v) is 3.14. The maximum Gasteiger partial charge on any atom is 0.217 e. The van der Waals surface area contributed by atoms with Gasteiger partial charge in [0, 0.05) is 24.8 Å². The largest absolute Gasteiger partial charge is 0.472 e. The molecule has 2 aromatic rings. The number of aromatic nitrogens is 3. The van der Waals surface area contributed by atoms with Crippen LogP contribution < -0.4 is 10.1 Å². The van der Waals surface area contributed by atoms with Crippen LogP contribution in [0, 0.1) is 0 Å². The molecule has 6 heteroatoms. The third-order valence-electron chi connectivity index (χ3n) is 4.21. The molecule has 106 valence electrons. The Morgan fingerprint density at radius 1 is 1.35 bits per heavy atom. The van der Waals surface area contributed by atoms with Gasteiger partial charge in [0.1, 0.15) is 6.10 Å². The monoisotopic (exact) mass is 274 g/mol. The summed E-state index contributed by atoms with van der Waals surface area (Å²) in [5.74, 6) is 0.651. The number of piperidine rings is 1. The summed E-state index contributed by atoms with van der Waals surface area (Å²) in [6, 6.07) is 3.72. The second-order valence-corrected chi connectivity index (χ2v) is 5.59. The van der Waals surface area contributed by atoms with E-state index in [0.717, 1.165) is 38.0 Å². The van der Waals surface area contributed by atoms with Crippen LogP contribution in [0.1, 0.15) is 19.3 Å². The normalized spacial score (nSPS) is 25.3. The lowest BCUT2D eigenvalue weighted by atomic mass is 9.89. The van der Waals surface area contributed by atoms with Gasteiger partial charge in [0.25, 0.3) is 0 Å². The molecule has 4 rings (SSSR count). The second-order valence-electron chi connectivity index (χ2n) is 5.59. The Bertz CT molecular complexity index is 606. The molecule has 0 radical (unpaired) electrons. The molecule has 1 unspecified atom stereocenters. The average Bonchev–Trinajstić information content (AvgIpc) is 3.07. The molecule has 0 saturated carbocycles. The van der Waals surface area contributed by atoms with Crippen LogP contribution in [0.5, 0.6) is 5.88 Å². The molecule has 0 aromatic carbocycles. The van der Waals surface area contributed by atoms with E-state index in [1.807, 2.05) is 18.3 Å². The quantitative estimate of drug-likeness (QED) is 0.886. The zero-order chi connectivity index (χ0) is 13.4. The molecule has 4 heterocycles. The van der Waals surface area contributed by atoms with Crippen LogP contribution in [-0.2, 0) is 4.74 Å². The van der Waals surface area contributed by atoms with Crippen LogP contribution in [0.4, 0.5) is 0 Å². The summed E-state index contributed by atoms with van der Waals surface area (Å²) in [5, 5.41) is 7.50. The van der Waals surface area contributed by atoms with Crippen LogP contribution in [0.15, 0.2) is 24.5 Å². The molecule has 2 aromatic heterocycles. The molecule has 0 aliphatic carbocycles. The van der Waals surface area contributed by atoms with E-state index < -0.39 is 0 Å². The molecule has 2 fully saturated rings. The standard InChI is InChI=1S/C14H18N4O2/c1-5-16-18-8-2-13(17-12(1)18)20-11-9-14(19-10-11)3-6-15-7-4-14/h1-2,5,8,11,15H,3-4,6-7,9-10H2. The van der Waals surface area contributed by atoms with Crippen LogP contribution in [0.25, 0.3) is 5.65 Å². The van der Waals surface area contributed by atoms with Crippen molar-refractivity contribution in [3.8, 4) is 5.88 Å². The molecule has 6 nitrogen and oxygen atoms in total. The first-order valence-corrected chi connectivity index (χ1v) is 7.15. The topological polar surface area (TPSA) is 60.7 Å². The summed E-state index contributed by atoms with van der Waals surface area (Å²) in [6.45, 7) is 2.73. The lowest BCUT2D eigenvalue weighted by Crippen LogP contribution is -2.41. The van der Waals surface area contributed by atoms with Crippen molar-refractivity contribution in [3.05, 3.63) is 24.5 Å². The number of nitrogens with one attached hydrogen (secondary N) is 1. The Morgan fingerprint density at radius 2 is 2.25 bits per heavy atom. The molecule has 20 heavy (non-hydrogen) atoms. The third kappa shape index (κ3) is 2.14. The van der Waals surface area contributed by atoms with Gasteiger partial charge in [-0.25, -0.2) is 4.52 Å². The van der Waals surface area contributed by atoms with Crippen molar-refractivity contribution < 1.29 is 9.47 Å². The van der Waals surface area contributed by atoms with Crippen molar-refractivity contribution in [1.82, 2.24) is 19.9 Å². The Morgan fingerprint density at radius 3 is 3.15 bits per heavy atom.